The topological polar surface area (TPSA) is 224 Å². The van der Waals surface area contributed by atoms with Crippen molar-refractivity contribution in [2.24, 2.45) is 32.6 Å². The number of hydrogen-bond donors (Lipinski definition) is 5. The first-order chi connectivity index (χ1) is 8.22. The van der Waals surface area contributed by atoms with Gasteiger partial charge < -0.3 is 17.3 Å². The number of aromatic nitrogens is 8. The quantitative estimate of drug-likeness (QED) is 0.120. The lowest BCUT2D eigenvalue weighted by Crippen LogP contribution is -2.23. The number of azo groups is 1. The highest BCUT2D eigenvalue weighted by Crippen LogP contribution is 2.04. The van der Waals surface area contributed by atoms with E-state index in [0.717, 1.165) is 0 Å². The summed E-state index contributed by atoms with van der Waals surface area (Å²) >= 11 is 0. The van der Waals surface area contributed by atoms with Gasteiger partial charge in [-0.15, -0.1) is 25.5 Å². The van der Waals surface area contributed by atoms with Crippen LogP contribution in [0.3, 0.4) is 0 Å². The number of nitrogens with two attached hydrogens (primary N) is 3. The standard InChI is InChI=1S/C2H2N10.CH6N4/c3(1-5-9-10-6-1)4-2-7-11-12-8-2;2-1(3)5-4/h(H,5,6,9,10)(H,7,8,11,12);4H2,(H4,2,3,5). The summed E-state index contributed by atoms with van der Waals surface area (Å²) in [6.07, 6.45) is 0. The van der Waals surface area contributed by atoms with Gasteiger partial charge in [0.05, 0.1) is 0 Å². The molecule has 0 bridgehead atoms. The van der Waals surface area contributed by atoms with Crippen molar-refractivity contribution in [2.75, 3.05) is 0 Å². The highest BCUT2D eigenvalue weighted by molar-refractivity contribution is 5.75. The van der Waals surface area contributed by atoms with E-state index in [-0.39, 0.29) is 17.9 Å². The van der Waals surface area contributed by atoms with E-state index in [0.29, 0.717) is 0 Å². The summed E-state index contributed by atoms with van der Waals surface area (Å²) in [7, 11) is 0. The van der Waals surface area contributed by atoms with Gasteiger partial charge in [-0.1, -0.05) is 10.2 Å². The van der Waals surface area contributed by atoms with Crippen LogP contribution in [0.15, 0.2) is 15.3 Å². The molecular weight excluding hydrogens is 232 g/mol. The third kappa shape index (κ3) is 4.72. The van der Waals surface area contributed by atoms with Gasteiger partial charge in [0.15, 0.2) is 0 Å². The largest absolute Gasteiger partial charge is 0.369 e. The number of rotatable bonds is 2. The van der Waals surface area contributed by atoms with Gasteiger partial charge >= 0.3 is 11.9 Å². The zero-order valence-electron chi connectivity index (χ0n) is 8.26. The Hall–Kier alpha value is -3.19. The molecule has 0 radical (unpaired) electrons. The fourth-order valence-corrected chi connectivity index (χ4v) is 0.487. The van der Waals surface area contributed by atoms with Crippen molar-refractivity contribution in [2.45, 2.75) is 0 Å². The summed E-state index contributed by atoms with van der Waals surface area (Å²) in [5, 5.41) is 35.0. The molecule has 0 amide bonds. The molecule has 17 heavy (non-hydrogen) atoms. The van der Waals surface area contributed by atoms with Gasteiger partial charge in [0.2, 0.25) is 5.96 Å². The number of aromatic amines is 2. The van der Waals surface area contributed by atoms with Crippen LogP contribution in [0.25, 0.3) is 0 Å². The molecule has 14 nitrogen and oxygen atoms in total. The van der Waals surface area contributed by atoms with E-state index in [1.54, 1.807) is 0 Å². The summed E-state index contributed by atoms with van der Waals surface area (Å²) in [4.78, 5) is 0. The number of H-pyrrole nitrogens is 2. The summed E-state index contributed by atoms with van der Waals surface area (Å²) in [6.45, 7) is 0. The van der Waals surface area contributed by atoms with Crippen LogP contribution in [0.1, 0.15) is 0 Å². The Labute approximate surface area is 92.7 Å². The average molecular weight is 240 g/mol. The molecule has 2 rings (SSSR count). The molecule has 90 valence electrons. The second kappa shape index (κ2) is 6.32. The molecule has 0 atom stereocenters. The highest BCUT2D eigenvalue weighted by atomic mass is 15.5. The van der Waals surface area contributed by atoms with Crippen LogP contribution >= 0.6 is 0 Å². The zero-order chi connectivity index (χ0) is 12.5. The maximum atomic E-state index is 4.69. The molecule has 2 aromatic rings. The molecule has 0 aliphatic rings. The SMILES string of the molecule is N(=Nc1nn[nH]n1)c1nn[nH]n1.NN=C(N)N. The van der Waals surface area contributed by atoms with Gasteiger partial charge in [0.25, 0.3) is 0 Å². The fourth-order valence-electron chi connectivity index (χ4n) is 0.487. The van der Waals surface area contributed by atoms with E-state index in [4.69, 9.17) is 11.5 Å². The van der Waals surface area contributed by atoms with E-state index in [2.05, 4.69) is 62.4 Å². The predicted molar refractivity (Wildman–Crippen MR) is 52.5 cm³/mol. The van der Waals surface area contributed by atoms with Crippen LogP contribution in [-0.2, 0) is 0 Å². The van der Waals surface area contributed by atoms with Crippen molar-refractivity contribution in [3.05, 3.63) is 0 Å². The van der Waals surface area contributed by atoms with Crippen LogP contribution in [0.5, 0.6) is 0 Å². The number of hydrazone groups is 1. The first-order valence-corrected chi connectivity index (χ1v) is 3.90. The van der Waals surface area contributed by atoms with Crippen molar-refractivity contribution >= 4 is 17.9 Å². The molecule has 0 aliphatic heterocycles. The Morgan fingerprint density at radius 1 is 0.941 bits per heavy atom. The molecule has 0 fully saturated rings. The van der Waals surface area contributed by atoms with Crippen LogP contribution in [0, 0.1) is 0 Å². The zero-order valence-corrected chi connectivity index (χ0v) is 8.26. The lowest BCUT2D eigenvalue weighted by atomic mass is 11.1. The van der Waals surface area contributed by atoms with E-state index in [1.165, 1.54) is 0 Å². The summed E-state index contributed by atoms with van der Waals surface area (Å²) < 4.78 is 0. The second-order valence-corrected chi connectivity index (χ2v) is 2.18. The van der Waals surface area contributed by atoms with Crippen molar-refractivity contribution in [3.63, 3.8) is 0 Å². The minimum Gasteiger partial charge on any atom is -0.369 e. The molecule has 0 unspecified atom stereocenters. The molecule has 14 heteroatoms. The van der Waals surface area contributed by atoms with E-state index in [1.807, 2.05) is 0 Å². The van der Waals surface area contributed by atoms with Gasteiger partial charge in [-0.3, -0.25) is 0 Å². The number of hydrogen-bond acceptors (Lipinski definition) is 10. The minimum atomic E-state index is -0.0926. The Morgan fingerprint density at radius 2 is 1.35 bits per heavy atom. The van der Waals surface area contributed by atoms with Crippen LogP contribution in [0.2, 0.25) is 0 Å². The first kappa shape index (κ1) is 11.9. The molecule has 0 saturated heterocycles. The second-order valence-electron chi connectivity index (χ2n) is 2.18. The maximum Gasteiger partial charge on any atom is 0.307 e. The lowest BCUT2D eigenvalue weighted by molar-refractivity contribution is 0.881. The molecular formula is C3H8N14. The lowest BCUT2D eigenvalue weighted by Gasteiger charge is -1.76. The normalized spacial score (nSPS) is 9.65. The van der Waals surface area contributed by atoms with E-state index >= 15 is 0 Å². The number of tetrazole rings is 2. The van der Waals surface area contributed by atoms with Crippen molar-refractivity contribution in [3.8, 4) is 0 Å². The average Bonchev–Trinajstić information content (AvgIpc) is 3.00. The fraction of sp³-hybridized carbons (Fsp3) is 0. The van der Waals surface area contributed by atoms with Gasteiger partial charge in [0.1, 0.15) is 0 Å². The summed E-state index contributed by atoms with van der Waals surface area (Å²) in [5.41, 5.74) is 9.39. The molecule has 0 spiro atoms. The monoisotopic (exact) mass is 240 g/mol. The third-order valence-electron chi connectivity index (χ3n) is 1.05. The Balaban J connectivity index is 0.000000249. The van der Waals surface area contributed by atoms with Gasteiger partial charge in [-0.2, -0.15) is 10.4 Å². The number of guanidine groups is 1. The molecule has 0 saturated carbocycles. The van der Waals surface area contributed by atoms with Crippen molar-refractivity contribution in [1.29, 1.82) is 0 Å². The Kier molecular flexibility index (Phi) is 4.42. The van der Waals surface area contributed by atoms with Gasteiger partial charge in [-0.05, 0) is 10.4 Å². The molecule has 0 aliphatic carbocycles. The smallest absolute Gasteiger partial charge is 0.307 e. The van der Waals surface area contributed by atoms with Crippen LogP contribution in [-0.4, -0.2) is 47.2 Å². The highest BCUT2D eigenvalue weighted by Gasteiger charge is 1.95. The molecule has 0 aromatic carbocycles. The van der Waals surface area contributed by atoms with Crippen LogP contribution < -0.4 is 17.3 Å². The van der Waals surface area contributed by atoms with E-state index in [9.17, 15) is 0 Å². The summed E-state index contributed by atoms with van der Waals surface area (Å²) in [6, 6.07) is 0. The number of nitrogens with zero attached hydrogens (tertiary/aromatic N) is 9. The predicted octanol–water partition coefficient (Wildman–Crippen LogP) is -2.74. The van der Waals surface area contributed by atoms with Gasteiger partial charge in [0, 0.05) is 0 Å². The maximum absolute atomic E-state index is 4.69. The number of nitrogens with one attached hydrogen (secondary N) is 2. The van der Waals surface area contributed by atoms with Crippen molar-refractivity contribution in [1.82, 2.24) is 41.2 Å². The summed E-state index contributed by atoms with van der Waals surface area (Å²) in [5.74, 6) is 4.64. The molecule has 8 N–H and O–H groups in total. The van der Waals surface area contributed by atoms with Crippen molar-refractivity contribution < 1.29 is 0 Å². The molecule has 2 aromatic heterocycles. The van der Waals surface area contributed by atoms with Gasteiger partial charge in [-0.25, -0.2) is 0 Å². The molecule has 2 heterocycles. The minimum absolute atomic E-state index is 0.0926. The van der Waals surface area contributed by atoms with Crippen LogP contribution in [0.4, 0.5) is 11.9 Å². The first-order valence-electron chi connectivity index (χ1n) is 3.90. The Bertz CT molecular complexity index is 407. The third-order valence-corrected chi connectivity index (χ3v) is 1.05. The Morgan fingerprint density at radius 3 is 1.59 bits per heavy atom. The van der Waals surface area contributed by atoms with E-state index < -0.39 is 0 Å².